The van der Waals surface area contributed by atoms with Gasteiger partial charge in [-0.05, 0) is 24.5 Å². The van der Waals surface area contributed by atoms with Crippen molar-refractivity contribution in [1.82, 2.24) is 10.0 Å². The van der Waals surface area contributed by atoms with Gasteiger partial charge in [0.05, 0.1) is 4.90 Å². The Morgan fingerprint density at radius 1 is 0.880 bits per heavy atom. The number of nitrogens with one attached hydrogen (secondary N) is 2. The lowest BCUT2D eigenvalue weighted by Gasteiger charge is -2.23. The lowest BCUT2D eigenvalue weighted by atomic mass is 9.96. The first kappa shape index (κ1) is 17.5. The number of carbonyl (C=O) groups excluding carboxylic acids is 1. The Bertz CT molecular complexity index is 829. The van der Waals surface area contributed by atoms with Gasteiger partial charge in [-0.2, -0.15) is 0 Å². The number of amides is 2. The third kappa shape index (κ3) is 4.39. The zero-order valence-corrected chi connectivity index (χ0v) is 14.8. The van der Waals surface area contributed by atoms with Crippen LogP contribution < -0.4 is 10.0 Å². The van der Waals surface area contributed by atoms with E-state index in [1.165, 1.54) is 12.5 Å². The molecule has 2 N–H and O–H groups in total. The average molecular weight is 358 g/mol. The summed E-state index contributed by atoms with van der Waals surface area (Å²) in [6, 6.07) is 15.3. The highest BCUT2D eigenvalue weighted by molar-refractivity contribution is 7.90. The van der Waals surface area contributed by atoms with Crippen LogP contribution in [0.2, 0.25) is 0 Å². The van der Waals surface area contributed by atoms with E-state index in [2.05, 4.69) is 10.0 Å². The molecule has 3 rings (SSSR count). The first-order valence-electron chi connectivity index (χ1n) is 8.54. The fraction of sp³-hybridized carbons (Fsp3) is 0.316. The van der Waals surface area contributed by atoms with Crippen LogP contribution in [0.1, 0.15) is 32.1 Å². The summed E-state index contributed by atoms with van der Waals surface area (Å²) in [5, 5.41) is 2.77. The molecule has 1 aliphatic carbocycles. The van der Waals surface area contributed by atoms with Gasteiger partial charge in [-0.15, -0.1) is 0 Å². The van der Waals surface area contributed by atoms with Gasteiger partial charge in [0.1, 0.15) is 0 Å². The third-order valence-electron chi connectivity index (χ3n) is 4.43. The fourth-order valence-electron chi connectivity index (χ4n) is 3.20. The lowest BCUT2D eigenvalue weighted by molar-refractivity contribution is 0.237. The summed E-state index contributed by atoms with van der Waals surface area (Å²) in [7, 11) is -3.95. The van der Waals surface area contributed by atoms with Crippen LogP contribution in [0.4, 0.5) is 4.79 Å². The Labute approximate surface area is 148 Å². The summed E-state index contributed by atoms with van der Waals surface area (Å²) in [6.07, 6.45) is 5.09. The van der Waals surface area contributed by atoms with Crippen molar-refractivity contribution in [2.75, 3.05) is 0 Å². The molecule has 1 aliphatic rings. The van der Waals surface area contributed by atoms with Gasteiger partial charge < -0.3 is 5.32 Å². The molecule has 2 aromatic rings. The molecule has 0 atom stereocenters. The van der Waals surface area contributed by atoms with E-state index in [9.17, 15) is 13.2 Å². The largest absolute Gasteiger partial charge is 0.335 e. The first-order valence-corrected chi connectivity index (χ1v) is 10.0. The van der Waals surface area contributed by atoms with Crippen molar-refractivity contribution in [3.8, 4) is 11.1 Å². The molecule has 2 aromatic carbocycles. The fourth-order valence-corrected chi connectivity index (χ4v) is 4.34. The number of sulfonamides is 1. The SMILES string of the molecule is O=C(NC1CCCCC1)NS(=O)(=O)c1ccccc1-c1ccccc1. The Balaban J connectivity index is 1.79. The Morgan fingerprint density at radius 3 is 2.24 bits per heavy atom. The number of hydrogen-bond donors (Lipinski definition) is 2. The lowest BCUT2D eigenvalue weighted by Crippen LogP contribution is -2.45. The van der Waals surface area contributed by atoms with Crippen LogP contribution in [0.15, 0.2) is 59.5 Å². The molecule has 0 unspecified atom stereocenters. The minimum Gasteiger partial charge on any atom is -0.335 e. The summed E-state index contributed by atoms with van der Waals surface area (Å²) < 4.78 is 27.6. The van der Waals surface area contributed by atoms with Gasteiger partial charge in [0.15, 0.2) is 0 Å². The molecule has 2 amide bonds. The van der Waals surface area contributed by atoms with Crippen LogP contribution in [0.3, 0.4) is 0 Å². The van der Waals surface area contributed by atoms with Crippen molar-refractivity contribution < 1.29 is 13.2 Å². The van der Waals surface area contributed by atoms with Crippen LogP contribution in [-0.2, 0) is 10.0 Å². The van der Waals surface area contributed by atoms with E-state index < -0.39 is 16.1 Å². The van der Waals surface area contributed by atoms with Crippen molar-refractivity contribution >= 4 is 16.1 Å². The second-order valence-electron chi connectivity index (χ2n) is 6.28. The number of carbonyl (C=O) groups is 1. The second kappa shape index (κ2) is 7.70. The topological polar surface area (TPSA) is 75.3 Å². The molecule has 6 heteroatoms. The van der Waals surface area contributed by atoms with Gasteiger partial charge in [0, 0.05) is 11.6 Å². The highest BCUT2D eigenvalue weighted by Crippen LogP contribution is 2.26. The molecule has 0 bridgehead atoms. The number of urea groups is 1. The van der Waals surface area contributed by atoms with Crippen molar-refractivity contribution in [2.24, 2.45) is 0 Å². The monoisotopic (exact) mass is 358 g/mol. The molecule has 1 saturated carbocycles. The predicted octanol–water partition coefficient (Wildman–Crippen LogP) is 3.67. The minimum absolute atomic E-state index is 0.0494. The van der Waals surface area contributed by atoms with Gasteiger partial charge in [-0.25, -0.2) is 17.9 Å². The molecule has 132 valence electrons. The van der Waals surface area contributed by atoms with Crippen molar-refractivity contribution in [3.05, 3.63) is 54.6 Å². The van der Waals surface area contributed by atoms with Crippen LogP contribution >= 0.6 is 0 Å². The average Bonchev–Trinajstić information content (AvgIpc) is 2.63. The standard InChI is InChI=1S/C19H22N2O3S/c22-19(20-16-11-5-2-6-12-16)21-25(23,24)18-14-8-7-13-17(18)15-9-3-1-4-10-15/h1,3-4,7-10,13-14,16H,2,5-6,11-12H2,(H2,20,21,22). The zero-order valence-electron chi connectivity index (χ0n) is 13.9. The summed E-state index contributed by atoms with van der Waals surface area (Å²) >= 11 is 0. The molecule has 0 spiro atoms. The molecule has 5 nitrogen and oxygen atoms in total. The molecule has 1 fully saturated rings. The number of rotatable bonds is 4. The van der Waals surface area contributed by atoms with Gasteiger partial charge in [-0.1, -0.05) is 67.8 Å². The number of hydrogen-bond acceptors (Lipinski definition) is 3. The van der Waals surface area contributed by atoms with E-state index >= 15 is 0 Å². The maximum Gasteiger partial charge on any atom is 0.328 e. The van der Waals surface area contributed by atoms with Crippen LogP contribution in [0.25, 0.3) is 11.1 Å². The van der Waals surface area contributed by atoms with Crippen LogP contribution in [0, 0.1) is 0 Å². The summed E-state index contributed by atoms with van der Waals surface area (Å²) in [5.74, 6) is 0. The third-order valence-corrected chi connectivity index (χ3v) is 5.82. The van der Waals surface area contributed by atoms with Crippen LogP contribution in [-0.4, -0.2) is 20.5 Å². The normalized spacial score (nSPS) is 15.5. The zero-order chi connectivity index (χ0) is 17.7. The minimum atomic E-state index is -3.95. The Kier molecular flexibility index (Phi) is 5.38. The maximum absolute atomic E-state index is 12.7. The smallest absolute Gasteiger partial charge is 0.328 e. The first-order chi connectivity index (χ1) is 12.1. The predicted molar refractivity (Wildman–Crippen MR) is 97.6 cm³/mol. The van der Waals surface area contributed by atoms with Crippen molar-refractivity contribution in [1.29, 1.82) is 0 Å². The van der Waals surface area contributed by atoms with Gasteiger partial charge in [0.2, 0.25) is 0 Å². The Morgan fingerprint density at radius 2 is 1.52 bits per heavy atom. The quantitative estimate of drug-likeness (QED) is 0.875. The summed E-state index contributed by atoms with van der Waals surface area (Å²) in [4.78, 5) is 12.2. The van der Waals surface area contributed by atoms with Crippen molar-refractivity contribution in [2.45, 2.75) is 43.0 Å². The van der Waals surface area contributed by atoms with E-state index in [0.29, 0.717) is 5.56 Å². The van der Waals surface area contributed by atoms with Crippen LogP contribution in [0.5, 0.6) is 0 Å². The van der Waals surface area contributed by atoms with E-state index in [0.717, 1.165) is 31.2 Å². The molecular weight excluding hydrogens is 336 g/mol. The van der Waals surface area contributed by atoms with Gasteiger partial charge in [0.25, 0.3) is 10.0 Å². The van der Waals surface area contributed by atoms with Gasteiger partial charge >= 0.3 is 6.03 Å². The van der Waals surface area contributed by atoms with E-state index in [4.69, 9.17) is 0 Å². The number of benzene rings is 2. The van der Waals surface area contributed by atoms with E-state index in [-0.39, 0.29) is 10.9 Å². The van der Waals surface area contributed by atoms with Gasteiger partial charge in [-0.3, -0.25) is 0 Å². The maximum atomic E-state index is 12.7. The molecule has 0 heterocycles. The van der Waals surface area contributed by atoms with Crippen molar-refractivity contribution in [3.63, 3.8) is 0 Å². The summed E-state index contributed by atoms with van der Waals surface area (Å²) in [6.45, 7) is 0. The molecule has 25 heavy (non-hydrogen) atoms. The molecule has 0 aromatic heterocycles. The molecule has 0 radical (unpaired) electrons. The van der Waals surface area contributed by atoms with E-state index in [1.54, 1.807) is 18.2 Å². The van der Waals surface area contributed by atoms with E-state index in [1.807, 2.05) is 30.3 Å². The summed E-state index contributed by atoms with van der Waals surface area (Å²) in [5.41, 5.74) is 1.36. The molecular formula is C19H22N2O3S. The molecule has 0 saturated heterocycles. The highest BCUT2D eigenvalue weighted by atomic mass is 32.2. The second-order valence-corrected chi connectivity index (χ2v) is 7.93. The molecule has 0 aliphatic heterocycles. The Hall–Kier alpha value is -2.34. The highest BCUT2D eigenvalue weighted by Gasteiger charge is 2.23.